The number of carbonyl (C=O) groups is 1. The Kier molecular flexibility index (Phi) is 4.59. The molecule has 23 heavy (non-hydrogen) atoms. The Morgan fingerprint density at radius 1 is 1.04 bits per heavy atom. The van der Waals surface area contributed by atoms with Crippen LogP contribution in [0.2, 0.25) is 0 Å². The number of rotatable bonds is 2. The highest BCUT2D eigenvalue weighted by molar-refractivity contribution is 8.00. The normalized spacial score (nSPS) is 12.3. The Balaban J connectivity index is 2.04. The third-order valence-electron chi connectivity index (χ3n) is 2.43. The summed E-state index contributed by atoms with van der Waals surface area (Å²) in [6.45, 7) is 0. The quantitative estimate of drug-likeness (QED) is 0.633. The Morgan fingerprint density at radius 2 is 1.65 bits per heavy atom. The summed E-state index contributed by atoms with van der Waals surface area (Å²) >= 11 is -0.324. The zero-order chi connectivity index (χ0) is 17.3. The summed E-state index contributed by atoms with van der Waals surface area (Å²) in [6.07, 6.45) is -3.85. The lowest BCUT2D eigenvalue weighted by atomic mass is 10.3. The molecule has 0 atom stereocenters. The maximum absolute atomic E-state index is 12.4. The lowest BCUT2D eigenvalue weighted by Crippen LogP contribution is -2.21. The van der Waals surface area contributed by atoms with Gasteiger partial charge in [0.2, 0.25) is 0 Å². The summed E-state index contributed by atoms with van der Waals surface area (Å²) in [5.41, 5.74) is -5.55. The van der Waals surface area contributed by atoms with E-state index in [1.165, 1.54) is 12.1 Å². The third kappa shape index (κ3) is 4.91. The lowest BCUT2D eigenvalue weighted by molar-refractivity contribution is -0.141. The van der Waals surface area contributed by atoms with Crippen molar-refractivity contribution < 1.29 is 31.1 Å². The van der Waals surface area contributed by atoms with Gasteiger partial charge >= 0.3 is 17.7 Å². The summed E-state index contributed by atoms with van der Waals surface area (Å²) in [7, 11) is 0. The van der Waals surface area contributed by atoms with E-state index >= 15 is 0 Å². The first-order valence-corrected chi connectivity index (χ1v) is 6.66. The SMILES string of the molecule is O=C(Nc1ccc(SC(F)(F)F)cc1)n1ccc(C(F)(F)F)n1. The number of nitrogens with one attached hydrogen (secondary N) is 1. The average molecular weight is 355 g/mol. The second-order valence-corrected chi connectivity index (χ2v) is 5.28. The number of alkyl halides is 6. The molecule has 0 saturated carbocycles. The van der Waals surface area contributed by atoms with Gasteiger partial charge in [-0.3, -0.25) is 0 Å². The van der Waals surface area contributed by atoms with Crippen molar-refractivity contribution >= 4 is 23.5 Å². The molecule has 0 radical (unpaired) electrons. The van der Waals surface area contributed by atoms with Gasteiger partial charge in [-0.2, -0.15) is 36.1 Å². The van der Waals surface area contributed by atoms with Gasteiger partial charge in [0.1, 0.15) is 0 Å². The molecule has 0 aliphatic carbocycles. The minimum absolute atomic E-state index is 0.0889. The van der Waals surface area contributed by atoms with E-state index in [1.807, 2.05) is 0 Å². The fourth-order valence-electron chi connectivity index (χ4n) is 1.51. The van der Waals surface area contributed by atoms with Crippen LogP contribution in [0.4, 0.5) is 36.8 Å². The summed E-state index contributed by atoms with van der Waals surface area (Å²) in [5, 5.41) is 5.29. The van der Waals surface area contributed by atoms with Crippen molar-refractivity contribution in [2.45, 2.75) is 16.6 Å². The molecular weight excluding hydrogens is 348 g/mol. The summed E-state index contributed by atoms with van der Waals surface area (Å²) in [5.74, 6) is 0. The van der Waals surface area contributed by atoms with E-state index in [0.717, 1.165) is 18.3 Å². The number of hydrogen-bond donors (Lipinski definition) is 1. The highest BCUT2D eigenvalue weighted by atomic mass is 32.2. The number of hydrogen-bond acceptors (Lipinski definition) is 3. The van der Waals surface area contributed by atoms with Crippen LogP contribution in [-0.2, 0) is 6.18 Å². The number of anilines is 1. The molecular formula is C12H7F6N3OS. The Morgan fingerprint density at radius 3 is 2.13 bits per heavy atom. The number of thioether (sulfide) groups is 1. The van der Waals surface area contributed by atoms with Gasteiger partial charge in [-0.1, -0.05) is 0 Å². The van der Waals surface area contributed by atoms with Crippen molar-refractivity contribution in [1.29, 1.82) is 0 Å². The van der Waals surface area contributed by atoms with Gasteiger partial charge in [-0.25, -0.2) is 4.79 Å². The van der Waals surface area contributed by atoms with Crippen molar-refractivity contribution in [2.75, 3.05) is 5.32 Å². The van der Waals surface area contributed by atoms with Crippen LogP contribution in [0.3, 0.4) is 0 Å². The largest absolute Gasteiger partial charge is 0.446 e. The molecule has 0 aliphatic rings. The summed E-state index contributed by atoms with van der Waals surface area (Å²) < 4.78 is 74.0. The van der Waals surface area contributed by atoms with E-state index in [9.17, 15) is 31.1 Å². The number of aromatic nitrogens is 2. The van der Waals surface area contributed by atoms with Crippen LogP contribution < -0.4 is 5.32 Å². The zero-order valence-electron chi connectivity index (χ0n) is 10.9. The molecule has 0 aliphatic heterocycles. The molecule has 0 saturated heterocycles. The molecule has 1 amide bonds. The highest BCUT2D eigenvalue weighted by Gasteiger charge is 2.34. The fourth-order valence-corrected chi connectivity index (χ4v) is 2.05. The topological polar surface area (TPSA) is 46.9 Å². The number of nitrogens with zero attached hydrogens (tertiary/aromatic N) is 2. The maximum atomic E-state index is 12.4. The predicted octanol–water partition coefficient (Wildman–Crippen LogP) is 4.59. The average Bonchev–Trinajstić information content (AvgIpc) is 2.89. The van der Waals surface area contributed by atoms with Crippen molar-refractivity contribution in [1.82, 2.24) is 9.78 Å². The number of amides is 1. The van der Waals surface area contributed by atoms with Crippen LogP contribution in [0, 0.1) is 0 Å². The second kappa shape index (κ2) is 6.14. The summed E-state index contributed by atoms with van der Waals surface area (Å²) in [4.78, 5) is 11.6. The van der Waals surface area contributed by atoms with Crippen molar-refractivity contribution in [3.05, 3.63) is 42.2 Å². The van der Waals surface area contributed by atoms with Gasteiger partial charge in [0.25, 0.3) is 0 Å². The first-order chi connectivity index (χ1) is 10.5. The van der Waals surface area contributed by atoms with E-state index in [1.54, 1.807) is 0 Å². The van der Waals surface area contributed by atoms with E-state index in [2.05, 4.69) is 10.4 Å². The standard InChI is InChI=1S/C12H7F6N3OS/c13-11(14,15)9-5-6-21(20-9)10(22)19-7-1-3-8(4-2-7)23-12(16,17)18/h1-6H,(H,19,22). The molecule has 2 rings (SSSR count). The number of benzene rings is 1. The zero-order valence-corrected chi connectivity index (χ0v) is 11.8. The van der Waals surface area contributed by atoms with Gasteiger partial charge in [0, 0.05) is 16.8 Å². The van der Waals surface area contributed by atoms with E-state index in [-0.39, 0.29) is 22.3 Å². The molecule has 1 aromatic carbocycles. The lowest BCUT2D eigenvalue weighted by Gasteiger charge is -2.08. The molecule has 1 heterocycles. The van der Waals surface area contributed by atoms with Crippen LogP contribution in [0.25, 0.3) is 0 Å². The molecule has 124 valence electrons. The van der Waals surface area contributed by atoms with Crippen LogP contribution in [-0.4, -0.2) is 21.3 Å². The molecule has 11 heteroatoms. The van der Waals surface area contributed by atoms with E-state index < -0.39 is 23.4 Å². The van der Waals surface area contributed by atoms with E-state index in [0.29, 0.717) is 10.7 Å². The predicted molar refractivity (Wildman–Crippen MR) is 70.0 cm³/mol. The van der Waals surface area contributed by atoms with Gasteiger partial charge in [0.05, 0.1) is 0 Å². The van der Waals surface area contributed by atoms with Crippen molar-refractivity contribution in [3.63, 3.8) is 0 Å². The molecule has 2 aromatic rings. The molecule has 1 N–H and O–H groups in total. The Labute approximate surface area is 129 Å². The molecule has 0 spiro atoms. The highest BCUT2D eigenvalue weighted by Crippen LogP contribution is 2.37. The minimum atomic E-state index is -4.68. The van der Waals surface area contributed by atoms with Crippen LogP contribution >= 0.6 is 11.8 Å². The van der Waals surface area contributed by atoms with Gasteiger partial charge < -0.3 is 5.32 Å². The second-order valence-electron chi connectivity index (χ2n) is 4.15. The third-order valence-corrected chi connectivity index (χ3v) is 3.17. The van der Waals surface area contributed by atoms with Crippen molar-refractivity contribution in [3.8, 4) is 0 Å². The Hall–Kier alpha value is -2.17. The first kappa shape index (κ1) is 17.2. The van der Waals surface area contributed by atoms with Crippen LogP contribution in [0.1, 0.15) is 5.69 Å². The van der Waals surface area contributed by atoms with Gasteiger partial charge in [-0.15, -0.1) is 0 Å². The van der Waals surface area contributed by atoms with Crippen molar-refractivity contribution in [2.24, 2.45) is 0 Å². The first-order valence-electron chi connectivity index (χ1n) is 5.85. The van der Waals surface area contributed by atoms with Gasteiger partial charge in [-0.05, 0) is 42.1 Å². The fraction of sp³-hybridized carbons (Fsp3) is 0.167. The summed E-state index contributed by atoms with van der Waals surface area (Å²) in [6, 6.07) is 4.29. The number of halogens is 6. The van der Waals surface area contributed by atoms with Crippen LogP contribution in [0.15, 0.2) is 41.4 Å². The molecule has 1 aromatic heterocycles. The smallest absolute Gasteiger partial charge is 0.306 e. The maximum Gasteiger partial charge on any atom is 0.446 e. The molecule has 0 fully saturated rings. The Bertz CT molecular complexity index is 692. The van der Waals surface area contributed by atoms with Gasteiger partial charge in [0.15, 0.2) is 5.69 Å². The molecule has 4 nitrogen and oxygen atoms in total. The monoisotopic (exact) mass is 355 g/mol. The number of carbonyl (C=O) groups excluding carboxylic acids is 1. The van der Waals surface area contributed by atoms with Crippen LogP contribution in [0.5, 0.6) is 0 Å². The molecule has 0 unspecified atom stereocenters. The minimum Gasteiger partial charge on any atom is -0.306 e. The van der Waals surface area contributed by atoms with E-state index in [4.69, 9.17) is 0 Å². The molecule has 0 bridgehead atoms.